The molecule has 174 valence electrons. The van der Waals surface area contributed by atoms with E-state index in [1.165, 1.54) is 65.7 Å². The van der Waals surface area contributed by atoms with Crippen LogP contribution in [0.4, 0.5) is 0 Å². The van der Waals surface area contributed by atoms with Crippen LogP contribution in [-0.2, 0) is 0 Å². The molecular weight excluding hydrogens is 468 g/mol. The van der Waals surface area contributed by atoms with Gasteiger partial charge in [0.15, 0.2) is 0 Å². The van der Waals surface area contributed by atoms with Crippen molar-refractivity contribution in [1.29, 1.82) is 0 Å². The van der Waals surface area contributed by atoms with Gasteiger partial charge in [-0.05, 0) is 77.8 Å². The fourth-order valence-electron chi connectivity index (χ4n) is 5.75. The second-order valence-electron chi connectivity index (χ2n) is 9.42. The van der Waals surface area contributed by atoms with Gasteiger partial charge in [0.25, 0.3) is 0 Å². The Morgan fingerprint density at radius 3 is 1.54 bits per heavy atom. The largest absolute Gasteiger partial charge is 0.0843 e. The van der Waals surface area contributed by atoms with Crippen molar-refractivity contribution in [2.45, 2.75) is 0 Å². The van der Waals surface area contributed by atoms with Crippen molar-refractivity contribution < 1.29 is 0 Å². The summed E-state index contributed by atoms with van der Waals surface area (Å²) in [6.45, 7) is 0. The fourth-order valence-corrected chi connectivity index (χ4v) is 5.93. The molecule has 0 saturated heterocycles. The Morgan fingerprint density at radius 1 is 0.324 bits per heavy atom. The van der Waals surface area contributed by atoms with Gasteiger partial charge in [0.05, 0.1) is 0 Å². The molecule has 0 aliphatic carbocycles. The molecule has 7 rings (SSSR count). The SMILES string of the molecule is Clc1ccc2c(-c3ccccc3)c3ccccc3c(-c3cccc4c(-c5ccccc5)cccc34)c2c1. The quantitative estimate of drug-likeness (QED) is 0.216. The van der Waals surface area contributed by atoms with Crippen molar-refractivity contribution in [3.63, 3.8) is 0 Å². The Balaban J connectivity index is 1.64. The maximum absolute atomic E-state index is 6.65. The summed E-state index contributed by atoms with van der Waals surface area (Å²) in [4.78, 5) is 0. The summed E-state index contributed by atoms with van der Waals surface area (Å²) < 4.78 is 0. The van der Waals surface area contributed by atoms with E-state index in [0.717, 1.165) is 5.02 Å². The molecule has 0 unspecified atom stereocenters. The van der Waals surface area contributed by atoms with Crippen LogP contribution in [0.15, 0.2) is 140 Å². The molecule has 0 heterocycles. The minimum Gasteiger partial charge on any atom is -0.0843 e. The zero-order chi connectivity index (χ0) is 24.8. The third-order valence-electron chi connectivity index (χ3n) is 7.32. The van der Waals surface area contributed by atoms with E-state index in [9.17, 15) is 0 Å². The lowest BCUT2D eigenvalue weighted by Crippen LogP contribution is -1.92. The van der Waals surface area contributed by atoms with E-state index >= 15 is 0 Å². The minimum atomic E-state index is 0.744. The topological polar surface area (TPSA) is 0 Å². The second kappa shape index (κ2) is 8.92. The van der Waals surface area contributed by atoms with Crippen LogP contribution in [0.5, 0.6) is 0 Å². The molecule has 7 aromatic rings. The average Bonchev–Trinajstić information content (AvgIpc) is 2.96. The van der Waals surface area contributed by atoms with Crippen LogP contribution in [0, 0.1) is 0 Å². The lowest BCUT2D eigenvalue weighted by molar-refractivity contribution is 1.64. The standard InChI is InChI=1S/C36H23Cl/c37-26-21-22-33-34(23-26)36(32-16-8-7-15-31(32)35(33)25-13-5-2-6-14-25)30-20-10-18-28-27(17-9-19-29(28)30)24-11-3-1-4-12-24/h1-23H. The van der Waals surface area contributed by atoms with Crippen LogP contribution in [0.1, 0.15) is 0 Å². The van der Waals surface area contributed by atoms with Gasteiger partial charge in [-0.25, -0.2) is 0 Å². The molecule has 0 bridgehead atoms. The normalized spacial score (nSPS) is 11.4. The first-order valence-electron chi connectivity index (χ1n) is 12.6. The van der Waals surface area contributed by atoms with Crippen LogP contribution in [0.3, 0.4) is 0 Å². The van der Waals surface area contributed by atoms with Crippen molar-refractivity contribution in [2.75, 3.05) is 0 Å². The molecule has 0 spiro atoms. The van der Waals surface area contributed by atoms with Crippen molar-refractivity contribution in [3.8, 4) is 33.4 Å². The number of hydrogen-bond acceptors (Lipinski definition) is 0. The molecule has 0 aromatic heterocycles. The highest BCUT2D eigenvalue weighted by molar-refractivity contribution is 6.33. The predicted molar refractivity (Wildman–Crippen MR) is 160 cm³/mol. The number of fused-ring (bicyclic) bond motifs is 3. The van der Waals surface area contributed by atoms with Crippen molar-refractivity contribution in [3.05, 3.63) is 145 Å². The summed E-state index contributed by atoms with van der Waals surface area (Å²) in [6, 6.07) is 49.7. The lowest BCUT2D eigenvalue weighted by Gasteiger charge is -2.19. The smallest absolute Gasteiger partial charge is 0.0412 e. The summed E-state index contributed by atoms with van der Waals surface area (Å²) in [7, 11) is 0. The molecule has 0 amide bonds. The average molecular weight is 491 g/mol. The first kappa shape index (κ1) is 21.9. The van der Waals surface area contributed by atoms with Gasteiger partial charge in [-0.1, -0.05) is 139 Å². The van der Waals surface area contributed by atoms with E-state index in [4.69, 9.17) is 11.6 Å². The number of rotatable bonds is 3. The van der Waals surface area contributed by atoms with E-state index in [1.54, 1.807) is 0 Å². The van der Waals surface area contributed by atoms with E-state index in [1.807, 2.05) is 6.07 Å². The van der Waals surface area contributed by atoms with Gasteiger partial charge in [-0.15, -0.1) is 0 Å². The van der Waals surface area contributed by atoms with Crippen molar-refractivity contribution in [2.24, 2.45) is 0 Å². The Hall–Kier alpha value is -4.39. The summed E-state index contributed by atoms with van der Waals surface area (Å²) in [5, 5.41) is 8.08. The third kappa shape index (κ3) is 3.61. The maximum Gasteiger partial charge on any atom is 0.0412 e. The van der Waals surface area contributed by atoms with Gasteiger partial charge in [0, 0.05) is 5.02 Å². The van der Waals surface area contributed by atoms with Gasteiger partial charge in [-0.2, -0.15) is 0 Å². The van der Waals surface area contributed by atoms with Crippen molar-refractivity contribution in [1.82, 2.24) is 0 Å². The van der Waals surface area contributed by atoms with Crippen LogP contribution < -0.4 is 0 Å². The van der Waals surface area contributed by atoms with Crippen LogP contribution in [0.25, 0.3) is 65.7 Å². The molecule has 0 aliphatic rings. The lowest BCUT2D eigenvalue weighted by atomic mass is 9.84. The summed E-state index contributed by atoms with van der Waals surface area (Å²) in [6.07, 6.45) is 0. The fraction of sp³-hybridized carbons (Fsp3) is 0. The summed E-state index contributed by atoms with van der Waals surface area (Å²) >= 11 is 6.65. The Kier molecular flexibility index (Phi) is 5.27. The second-order valence-corrected chi connectivity index (χ2v) is 9.86. The molecule has 7 aromatic carbocycles. The van der Waals surface area contributed by atoms with E-state index in [2.05, 4.69) is 133 Å². The Bertz CT molecular complexity index is 1920. The number of benzene rings is 7. The molecule has 1 heteroatoms. The third-order valence-corrected chi connectivity index (χ3v) is 7.56. The molecular formula is C36H23Cl. The van der Waals surface area contributed by atoms with Crippen molar-refractivity contribution >= 4 is 43.9 Å². The van der Waals surface area contributed by atoms with E-state index < -0.39 is 0 Å². The molecule has 0 fully saturated rings. The molecule has 0 atom stereocenters. The molecule has 0 N–H and O–H groups in total. The molecule has 0 nitrogen and oxygen atoms in total. The number of hydrogen-bond donors (Lipinski definition) is 0. The summed E-state index contributed by atoms with van der Waals surface area (Å²) in [5.74, 6) is 0. The Morgan fingerprint density at radius 2 is 0.838 bits per heavy atom. The molecule has 0 saturated carbocycles. The van der Waals surface area contributed by atoms with E-state index in [0.29, 0.717) is 0 Å². The van der Waals surface area contributed by atoms with Gasteiger partial charge in [-0.3, -0.25) is 0 Å². The first-order valence-corrected chi connectivity index (χ1v) is 12.9. The monoisotopic (exact) mass is 490 g/mol. The van der Waals surface area contributed by atoms with Crippen LogP contribution in [0.2, 0.25) is 5.02 Å². The summed E-state index contributed by atoms with van der Waals surface area (Å²) in [5.41, 5.74) is 7.37. The highest BCUT2D eigenvalue weighted by Crippen LogP contribution is 2.46. The molecule has 37 heavy (non-hydrogen) atoms. The molecule has 0 aliphatic heterocycles. The zero-order valence-corrected chi connectivity index (χ0v) is 20.9. The highest BCUT2D eigenvalue weighted by atomic mass is 35.5. The van der Waals surface area contributed by atoms with Crippen LogP contribution in [-0.4, -0.2) is 0 Å². The van der Waals surface area contributed by atoms with Crippen LogP contribution >= 0.6 is 11.6 Å². The predicted octanol–water partition coefficient (Wildman–Crippen LogP) is 10.8. The van der Waals surface area contributed by atoms with Gasteiger partial charge in [0.2, 0.25) is 0 Å². The molecule has 0 radical (unpaired) electrons. The Labute approximate surface area is 221 Å². The first-order chi connectivity index (χ1) is 18.3. The van der Waals surface area contributed by atoms with Gasteiger partial charge < -0.3 is 0 Å². The van der Waals surface area contributed by atoms with E-state index in [-0.39, 0.29) is 0 Å². The minimum absolute atomic E-state index is 0.744. The van der Waals surface area contributed by atoms with Gasteiger partial charge in [0.1, 0.15) is 0 Å². The zero-order valence-electron chi connectivity index (χ0n) is 20.2. The maximum atomic E-state index is 6.65. The number of halogens is 1. The highest BCUT2D eigenvalue weighted by Gasteiger charge is 2.18. The van der Waals surface area contributed by atoms with Gasteiger partial charge >= 0.3 is 0 Å².